The summed E-state index contributed by atoms with van der Waals surface area (Å²) in [6, 6.07) is 17.7. The summed E-state index contributed by atoms with van der Waals surface area (Å²) in [6.45, 7) is 1.81. The minimum atomic E-state index is -0.605. The van der Waals surface area contributed by atoms with Gasteiger partial charge >= 0.3 is 0 Å². The van der Waals surface area contributed by atoms with Crippen molar-refractivity contribution in [3.63, 3.8) is 0 Å². The molecule has 2 N–H and O–H groups in total. The molecule has 2 heterocycles. The van der Waals surface area contributed by atoms with Crippen LogP contribution in [0.1, 0.15) is 22.7 Å². The van der Waals surface area contributed by atoms with Crippen molar-refractivity contribution in [1.82, 2.24) is 9.78 Å². The van der Waals surface area contributed by atoms with Gasteiger partial charge in [0.25, 0.3) is 5.69 Å². The van der Waals surface area contributed by atoms with E-state index in [1.54, 1.807) is 16.8 Å². The molecule has 0 radical (unpaired) electrons. The molecule has 8 heteroatoms. The fourth-order valence-electron chi connectivity index (χ4n) is 3.41. The summed E-state index contributed by atoms with van der Waals surface area (Å²) >= 11 is 0. The van der Waals surface area contributed by atoms with Crippen molar-refractivity contribution >= 4 is 5.69 Å². The van der Waals surface area contributed by atoms with Crippen molar-refractivity contribution in [3.05, 3.63) is 93.0 Å². The fraction of sp³-hybridized carbons (Fsp3) is 0.100. The Balaban J connectivity index is 1.96. The molecule has 0 bridgehead atoms. The number of allylic oxidation sites excluding steroid dienone is 1. The third kappa shape index (κ3) is 2.66. The van der Waals surface area contributed by atoms with Gasteiger partial charge in [-0.05, 0) is 24.6 Å². The van der Waals surface area contributed by atoms with Crippen LogP contribution in [-0.4, -0.2) is 14.7 Å². The Hall–Kier alpha value is -4.12. The van der Waals surface area contributed by atoms with E-state index >= 15 is 0 Å². The second-order valence-electron chi connectivity index (χ2n) is 6.33. The van der Waals surface area contributed by atoms with Crippen LogP contribution in [0, 0.1) is 28.4 Å². The van der Waals surface area contributed by atoms with E-state index in [4.69, 9.17) is 10.5 Å². The van der Waals surface area contributed by atoms with E-state index in [0.29, 0.717) is 22.7 Å². The van der Waals surface area contributed by atoms with E-state index in [1.807, 2.05) is 37.3 Å². The highest BCUT2D eigenvalue weighted by atomic mass is 16.6. The van der Waals surface area contributed by atoms with Crippen LogP contribution in [0.2, 0.25) is 0 Å². The number of para-hydroxylation sites is 1. The SMILES string of the molecule is Cc1nn(-c2ccccc2)c2c1[C@H](c1cccc([N+](=O)[O-])c1)C(C#N)=C(N)O2. The number of aryl methyl sites for hydroxylation is 1. The molecule has 1 atom stereocenters. The number of nitrogens with zero attached hydrogens (tertiary/aromatic N) is 4. The number of hydrogen-bond donors (Lipinski definition) is 1. The Morgan fingerprint density at radius 1 is 1.25 bits per heavy atom. The number of nitriles is 1. The highest BCUT2D eigenvalue weighted by Crippen LogP contribution is 2.45. The molecule has 138 valence electrons. The number of aromatic nitrogens is 2. The minimum absolute atomic E-state index is 0.0383. The number of nitrogens with two attached hydrogens (primary N) is 1. The summed E-state index contributed by atoms with van der Waals surface area (Å²) in [5, 5.41) is 25.5. The average molecular weight is 373 g/mol. The van der Waals surface area contributed by atoms with E-state index in [1.165, 1.54) is 12.1 Å². The normalized spacial score (nSPS) is 15.5. The lowest BCUT2D eigenvalue weighted by molar-refractivity contribution is -0.384. The van der Waals surface area contributed by atoms with Crippen molar-refractivity contribution < 1.29 is 9.66 Å². The number of rotatable bonds is 3. The largest absolute Gasteiger partial charge is 0.422 e. The summed E-state index contributed by atoms with van der Waals surface area (Å²) in [7, 11) is 0. The van der Waals surface area contributed by atoms with Crippen LogP contribution in [0.4, 0.5) is 5.69 Å². The molecule has 0 saturated heterocycles. The number of fused-ring (bicyclic) bond motifs is 1. The molecule has 1 aliphatic rings. The molecular formula is C20H15N5O3. The minimum Gasteiger partial charge on any atom is -0.422 e. The topological polar surface area (TPSA) is 120 Å². The van der Waals surface area contributed by atoms with E-state index in [9.17, 15) is 15.4 Å². The summed E-state index contributed by atoms with van der Waals surface area (Å²) in [5.74, 6) is -0.244. The standard InChI is InChI=1S/C20H15N5O3/c1-12-17-18(13-6-5-9-15(10-13)25(26)27)16(11-21)19(22)28-20(17)24(23-12)14-7-3-2-4-8-14/h2-10,18H,22H2,1H3/t18-/m1/s1. The Labute approximate surface area is 160 Å². The monoisotopic (exact) mass is 373 g/mol. The average Bonchev–Trinajstić information content (AvgIpc) is 3.03. The van der Waals surface area contributed by atoms with Gasteiger partial charge in [-0.25, -0.2) is 4.68 Å². The summed E-state index contributed by atoms with van der Waals surface area (Å²) in [4.78, 5) is 10.7. The molecule has 4 rings (SSSR count). The van der Waals surface area contributed by atoms with Gasteiger partial charge in [-0.15, -0.1) is 0 Å². The number of nitro groups is 1. The third-order valence-corrected chi connectivity index (χ3v) is 4.65. The van der Waals surface area contributed by atoms with Gasteiger partial charge in [0.05, 0.1) is 27.8 Å². The van der Waals surface area contributed by atoms with Crippen LogP contribution < -0.4 is 10.5 Å². The van der Waals surface area contributed by atoms with E-state index in [2.05, 4.69) is 11.2 Å². The molecule has 0 amide bonds. The van der Waals surface area contributed by atoms with Gasteiger partial charge in [-0.2, -0.15) is 10.4 Å². The van der Waals surface area contributed by atoms with Crippen molar-refractivity contribution in [2.75, 3.05) is 0 Å². The lowest BCUT2D eigenvalue weighted by Gasteiger charge is -2.24. The summed E-state index contributed by atoms with van der Waals surface area (Å²) < 4.78 is 7.39. The Bertz CT molecular complexity index is 1160. The zero-order chi connectivity index (χ0) is 19.8. The first kappa shape index (κ1) is 17.3. The molecule has 8 nitrogen and oxygen atoms in total. The first-order valence-corrected chi connectivity index (χ1v) is 8.48. The number of non-ortho nitro benzene ring substituents is 1. The first-order chi connectivity index (χ1) is 13.5. The third-order valence-electron chi connectivity index (χ3n) is 4.65. The Morgan fingerprint density at radius 2 is 2.00 bits per heavy atom. The van der Waals surface area contributed by atoms with E-state index < -0.39 is 10.8 Å². The Kier molecular flexibility index (Phi) is 4.05. The first-order valence-electron chi connectivity index (χ1n) is 8.48. The number of ether oxygens (including phenoxy) is 1. The summed E-state index contributed by atoms with van der Waals surface area (Å²) in [6.07, 6.45) is 0. The highest BCUT2D eigenvalue weighted by Gasteiger charge is 2.36. The van der Waals surface area contributed by atoms with Gasteiger partial charge < -0.3 is 10.5 Å². The lowest BCUT2D eigenvalue weighted by atomic mass is 9.84. The maximum atomic E-state index is 11.2. The zero-order valence-corrected chi connectivity index (χ0v) is 14.9. The molecule has 0 unspecified atom stereocenters. The van der Waals surface area contributed by atoms with Crippen LogP contribution in [0.3, 0.4) is 0 Å². The fourth-order valence-corrected chi connectivity index (χ4v) is 3.41. The number of nitro benzene ring substituents is 1. The molecule has 3 aromatic rings. The van der Waals surface area contributed by atoms with Crippen molar-refractivity contribution in [1.29, 1.82) is 5.26 Å². The van der Waals surface area contributed by atoms with Gasteiger partial charge in [0.2, 0.25) is 11.8 Å². The van der Waals surface area contributed by atoms with Crippen molar-refractivity contribution in [3.8, 4) is 17.6 Å². The van der Waals surface area contributed by atoms with E-state index in [-0.39, 0.29) is 17.1 Å². The molecule has 0 saturated carbocycles. The second-order valence-corrected chi connectivity index (χ2v) is 6.33. The molecular weight excluding hydrogens is 358 g/mol. The maximum absolute atomic E-state index is 11.2. The van der Waals surface area contributed by atoms with Crippen LogP contribution in [0.25, 0.3) is 5.69 Å². The van der Waals surface area contributed by atoms with Crippen LogP contribution in [0.15, 0.2) is 66.1 Å². The van der Waals surface area contributed by atoms with Gasteiger partial charge in [0.1, 0.15) is 11.6 Å². The van der Waals surface area contributed by atoms with Crippen molar-refractivity contribution in [2.45, 2.75) is 12.8 Å². The quantitative estimate of drug-likeness (QED) is 0.555. The predicted octanol–water partition coefficient (Wildman–Crippen LogP) is 3.31. The Morgan fingerprint density at radius 3 is 2.68 bits per heavy atom. The van der Waals surface area contributed by atoms with Crippen molar-refractivity contribution in [2.24, 2.45) is 5.73 Å². The highest BCUT2D eigenvalue weighted by molar-refractivity contribution is 5.58. The van der Waals surface area contributed by atoms with Crippen LogP contribution >= 0.6 is 0 Å². The molecule has 2 aromatic carbocycles. The molecule has 0 spiro atoms. The van der Waals surface area contributed by atoms with Crippen LogP contribution in [0.5, 0.6) is 5.88 Å². The second kappa shape index (κ2) is 6.55. The maximum Gasteiger partial charge on any atom is 0.269 e. The zero-order valence-electron chi connectivity index (χ0n) is 14.9. The van der Waals surface area contributed by atoms with Gasteiger partial charge in [0, 0.05) is 12.1 Å². The molecule has 0 aliphatic carbocycles. The predicted molar refractivity (Wildman–Crippen MR) is 101 cm³/mol. The van der Waals surface area contributed by atoms with E-state index in [0.717, 1.165) is 5.69 Å². The molecule has 1 aromatic heterocycles. The number of hydrogen-bond acceptors (Lipinski definition) is 6. The summed E-state index contributed by atoms with van der Waals surface area (Å²) in [5.41, 5.74) is 8.85. The van der Waals surface area contributed by atoms with Gasteiger partial charge in [0.15, 0.2) is 0 Å². The molecule has 28 heavy (non-hydrogen) atoms. The lowest BCUT2D eigenvalue weighted by Crippen LogP contribution is -2.22. The van der Waals surface area contributed by atoms with Gasteiger partial charge in [-0.3, -0.25) is 10.1 Å². The van der Waals surface area contributed by atoms with Crippen LogP contribution in [-0.2, 0) is 0 Å². The smallest absolute Gasteiger partial charge is 0.269 e. The van der Waals surface area contributed by atoms with Gasteiger partial charge in [-0.1, -0.05) is 30.3 Å². The number of benzene rings is 2. The molecule has 0 fully saturated rings. The molecule has 1 aliphatic heterocycles.